The van der Waals surface area contributed by atoms with E-state index in [1.165, 1.54) is 0 Å². The molecule has 4 heteroatoms. The summed E-state index contributed by atoms with van der Waals surface area (Å²) in [6.45, 7) is 0. The smallest absolute Gasteiger partial charge is 0.243 e. The van der Waals surface area contributed by atoms with Crippen molar-refractivity contribution in [3.05, 3.63) is 0 Å². The lowest BCUT2D eigenvalue weighted by atomic mass is 10.2. The summed E-state index contributed by atoms with van der Waals surface area (Å²) in [5.74, 6) is -1.25. The third kappa shape index (κ3) is 0.768. The van der Waals surface area contributed by atoms with Gasteiger partial charge in [-0.25, -0.2) is 0 Å². The fraction of sp³-hybridized carbons (Fsp3) is 0.400. The van der Waals surface area contributed by atoms with Gasteiger partial charge in [0.25, 0.3) is 0 Å². The maximum atomic E-state index is 10.5. The average Bonchev–Trinajstić information content (AvgIpc) is 1.98. The van der Waals surface area contributed by atoms with Gasteiger partial charge in [-0.15, -0.1) is 0 Å². The number of hydrogen-bond donors (Lipinski definition) is 2. The lowest BCUT2D eigenvalue weighted by Gasteiger charge is -1.93. The van der Waals surface area contributed by atoms with Crippen molar-refractivity contribution in [2.75, 3.05) is 0 Å². The molecule has 0 aliphatic heterocycles. The van der Waals surface area contributed by atoms with Crippen LogP contribution in [0.3, 0.4) is 0 Å². The molecular weight excluding hydrogens is 120 g/mol. The summed E-state index contributed by atoms with van der Waals surface area (Å²) in [4.78, 5) is 20.9. The molecule has 0 spiro atoms. The maximum absolute atomic E-state index is 10.5. The van der Waals surface area contributed by atoms with Crippen LogP contribution >= 0.6 is 0 Å². The maximum Gasteiger partial charge on any atom is 0.243 e. The molecule has 1 saturated carbocycles. The fourth-order valence-electron chi connectivity index (χ4n) is 0.713. The molecule has 1 aliphatic carbocycles. The quantitative estimate of drug-likeness (QED) is 0.403. The van der Waals surface area contributed by atoms with Crippen molar-refractivity contribution < 1.29 is 9.59 Å². The predicted molar refractivity (Wildman–Crippen MR) is 30.3 cm³/mol. The van der Waals surface area contributed by atoms with E-state index in [0.29, 0.717) is 0 Å². The first-order valence-corrected chi connectivity index (χ1v) is 2.54. The Morgan fingerprint density at radius 3 is 2.22 bits per heavy atom. The minimum Gasteiger partial charge on any atom is -0.322 e. The Kier molecular flexibility index (Phi) is 1.17. The highest BCUT2D eigenvalue weighted by Crippen LogP contribution is 2.04. The van der Waals surface area contributed by atoms with Crippen molar-refractivity contribution >= 4 is 17.3 Å². The number of hydrogen-bond acceptors (Lipinski definition) is 4. The Balaban J connectivity index is 2.90. The van der Waals surface area contributed by atoms with E-state index < -0.39 is 17.6 Å². The van der Waals surface area contributed by atoms with Gasteiger partial charge >= 0.3 is 0 Å². The molecule has 1 aliphatic rings. The van der Waals surface area contributed by atoms with Crippen LogP contribution in [0.5, 0.6) is 0 Å². The van der Waals surface area contributed by atoms with Crippen LogP contribution in [0.4, 0.5) is 0 Å². The summed E-state index contributed by atoms with van der Waals surface area (Å²) in [6, 6.07) is -0.648. The molecule has 48 valence electrons. The monoisotopic (exact) mass is 126 g/mol. The molecule has 9 heavy (non-hydrogen) atoms. The Morgan fingerprint density at radius 2 is 2.11 bits per heavy atom. The highest BCUT2D eigenvalue weighted by atomic mass is 16.2. The van der Waals surface area contributed by atoms with E-state index in [-0.39, 0.29) is 12.1 Å². The van der Waals surface area contributed by atoms with E-state index in [2.05, 4.69) is 0 Å². The molecule has 3 N–H and O–H groups in total. The van der Waals surface area contributed by atoms with Crippen LogP contribution in [0.2, 0.25) is 0 Å². The molecule has 1 unspecified atom stereocenters. The SMILES string of the molecule is N=C1C(=O)C(=O)CC1N. The molecule has 0 aromatic heterocycles. The molecule has 0 bridgehead atoms. The number of nitrogens with two attached hydrogens (primary N) is 1. The largest absolute Gasteiger partial charge is 0.322 e. The Labute approximate surface area is 51.5 Å². The van der Waals surface area contributed by atoms with Gasteiger partial charge in [-0.2, -0.15) is 0 Å². The van der Waals surface area contributed by atoms with E-state index in [4.69, 9.17) is 11.1 Å². The molecular formula is C5H6N2O2. The first-order valence-electron chi connectivity index (χ1n) is 2.54. The molecule has 0 aromatic carbocycles. The van der Waals surface area contributed by atoms with Crippen LogP contribution in [-0.2, 0) is 9.59 Å². The minimum absolute atomic E-state index is 0.0116. The van der Waals surface area contributed by atoms with Crippen LogP contribution in [0, 0.1) is 5.41 Å². The van der Waals surface area contributed by atoms with Gasteiger partial charge in [-0.3, -0.25) is 15.0 Å². The standard InChI is InChI=1S/C5H6N2O2/c6-2-1-3(8)5(9)4(2)7/h2,7H,1,6H2. The number of rotatable bonds is 0. The second-order valence-corrected chi connectivity index (χ2v) is 1.98. The van der Waals surface area contributed by atoms with Crippen molar-refractivity contribution in [1.82, 2.24) is 0 Å². The molecule has 0 radical (unpaired) electrons. The number of carbonyl (C=O) groups is 2. The molecule has 0 aromatic rings. The zero-order valence-corrected chi connectivity index (χ0v) is 4.68. The third-order valence-electron chi connectivity index (χ3n) is 1.27. The second kappa shape index (κ2) is 1.73. The summed E-state index contributed by atoms with van der Waals surface area (Å²) < 4.78 is 0. The van der Waals surface area contributed by atoms with Gasteiger partial charge in [0.1, 0.15) is 0 Å². The summed E-state index contributed by atoms with van der Waals surface area (Å²) in [5, 5.41) is 6.90. The van der Waals surface area contributed by atoms with Crippen LogP contribution in [0.15, 0.2) is 0 Å². The van der Waals surface area contributed by atoms with Crippen molar-refractivity contribution in [1.29, 1.82) is 5.41 Å². The first kappa shape index (κ1) is 6.10. The van der Waals surface area contributed by atoms with Gasteiger partial charge < -0.3 is 5.73 Å². The molecule has 1 fully saturated rings. The van der Waals surface area contributed by atoms with Crippen molar-refractivity contribution in [3.63, 3.8) is 0 Å². The predicted octanol–water partition coefficient (Wildman–Crippen LogP) is -1.12. The van der Waals surface area contributed by atoms with Crippen LogP contribution in [0.1, 0.15) is 6.42 Å². The van der Waals surface area contributed by atoms with E-state index in [1.54, 1.807) is 0 Å². The molecule has 0 amide bonds. The van der Waals surface area contributed by atoms with Crippen molar-refractivity contribution in [3.8, 4) is 0 Å². The molecule has 0 saturated heterocycles. The lowest BCUT2D eigenvalue weighted by molar-refractivity contribution is -0.131. The highest BCUT2D eigenvalue weighted by Gasteiger charge is 2.33. The first-order chi connectivity index (χ1) is 4.13. The number of ketones is 2. The molecule has 1 rings (SSSR count). The Hall–Kier alpha value is -1.03. The van der Waals surface area contributed by atoms with Crippen LogP contribution in [-0.4, -0.2) is 23.3 Å². The topological polar surface area (TPSA) is 84.0 Å². The normalized spacial score (nSPS) is 27.7. The van der Waals surface area contributed by atoms with Gasteiger partial charge in [0.05, 0.1) is 11.8 Å². The number of Topliss-reactive ketones (excluding diaryl/α,β-unsaturated/α-hetero) is 2. The molecule has 1 atom stereocenters. The van der Waals surface area contributed by atoms with E-state index in [1.807, 2.05) is 0 Å². The number of nitrogens with one attached hydrogen (secondary N) is 1. The van der Waals surface area contributed by atoms with E-state index in [0.717, 1.165) is 0 Å². The zero-order valence-electron chi connectivity index (χ0n) is 4.68. The van der Waals surface area contributed by atoms with E-state index in [9.17, 15) is 9.59 Å². The van der Waals surface area contributed by atoms with Crippen molar-refractivity contribution in [2.45, 2.75) is 12.5 Å². The van der Waals surface area contributed by atoms with Gasteiger partial charge in [0, 0.05) is 6.42 Å². The minimum atomic E-state index is -0.720. The summed E-state index contributed by atoms with van der Waals surface area (Å²) in [6.07, 6.45) is 0.0116. The Bertz CT molecular complexity index is 197. The average molecular weight is 126 g/mol. The zero-order chi connectivity index (χ0) is 7.02. The van der Waals surface area contributed by atoms with Crippen LogP contribution < -0.4 is 5.73 Å². The van der Waals surface area contributed by atoms with Gasteiger partial charge in [-0.1, -0.05) is 0 Å². The van der Waals surface area contributed by atoms with E-state index >= 15 is 0 Å². The Morgan fingerprint density at radius 1 is 1.56 bits per heavy atom. The number of carbonyl (C=O) groups excluding carboxylic acids is 2. The van der Waals surface area contributed by atoms with Crippen molar-refractivity contribution in [2.24, 2.45) is 5.73 Å². The van der Waals surface area contributed by atoms with Crippen LogP contribution in [0.25, 0.3) is 0 Å². The molecule has 4 nitrogen and oxygen atoms in total. The fourth-order valence-corrected chi connectivity index (χ4v) is 0.713. The summed E-state index contributed by atoms with van der Waals surface area (Å²) in [5.41, 5.74) is 4.94. The van der Waals surface area contributed by atoms with Gasteiger partial charge in [0.2, 0.25) is 11.6 Å². The second-order valence-electron chi connectivity index (χ2n) is 1.98. The summed E-state index contributed by atoms with van der Waals surface area (Å²) in [7, 11) is 0. The van der Waals surface area contributed by atoms with Gasteiger partial charge in [0.15, 0.2) is 0 Å². The summed E-state index contributed by atoms with van der Waals surface area (Å²) >= 11 is 0. The lowest BCUT2D eigenvalue weighted by Crippen LogP contribution is -2.26. The third-order valence-corrected chi connectivity index (χ3v) is 1.27. The molecule has 0 heterocycles. The van der Waals surface area contributed by atoms with Gasteiger partial charge in [-0.05, 0) is 0 Å². The highest BCUT2D eigenvalue weighted by molar-refractivity contribution is 6.69.